The number of carbonyl (C=O) groups is 3. The summed E-state index contributed by atoms with van der Waals surface area (Å²) in [6, 6.07) is 11.6. The van der Waals surface area contributed by atoms with E-state index in [4.69, 9.17) is 0 Å². The van der Waals surface area contributed by atoms with E-state index in [1.807, 2.05) is 41.4 Å². The van der Waals surface area contributed by atoms with Crippen LogP contribution in [0.25, 0.3) is 0 Å². The van der Waals surface area contributed by atoms with E-state index < -0.39 is 0 Å². The molecule has 3 amide bonds. The van der Waals surface area contributed by atoms with Gasteiger partial charge in [-0.1, -0.05) is 30.3 Å². The van der Waals surface area contributed by atoms with E-state index in [0.717, 1.165) is 24.8 Å². The number of carbonyl (C=O) groups excluding carboxylic acids is 3. The van der Waals surface area contributed by atoms with Crippen molar-refractivity contribution in [3.63, 3.8) is 0 Å². The van der Waals surface area contributed by atoms with E-state index in [1.54, 1.807) is 29.1 Å². The van der Waals surface area contributed by atoms with Crippen LogP contribution in [0.3, 0.4) is 0 Å². The number of nitrogens with zero attached hydrogens (tertiary/aromatic N) is 6. The number of nitrogens with one attached hydrogen (secondary N) is 1. The average molecular weight is 504 g/mol. The molecule has 1 aromatic heterocycles. The number of rotatable bonds is 5. The maximum atomic E-state index is 13.3. The normalized spacial score (nSPS) is 20.8. The van der Waals surface area contributed by atoms with Crippen LogP contribution >= 0.6 is 0 Å². The molecule has 1 N–H and O–H groups in total. The van der Waals surface area contributed by atoms with Crippen LogP contribution in [0.2, 0.25) is 0 Å². The third-order valence-electron chi connectivity index (χ3n) is 7.52. The minimum Gasteiger partial charge on any atom is -0.348 e. The van der Waals surface area contributed by atoms with Crippen LogP contribution in [0.15, 0.2) is 47.7 Å². The molecule has 0 spiro atoms. The Morgan fingerprint density at radius 3 is 2.38 bits per heavy atom. The third kappa shape index (κ3) is 5.63. The summed E-state index contributed by atoms with van der Waals surface area (Å²) in [6.07, 6.45) is 6.99. The topological polar surface area (TPSA) is 111 Å². The van der Waals surface area contributed by atoms with E-state index in [1.165, 1.54) is 0 Å². The number of hydrogen-bond donors (Lipinski definition) is 1. The zero-order valence-electron chi connectivity index (χ0n) is 21.1. The second-order valence-corrected chi connectivity index (χ2v) is 9.90. The average Bonchev–Trinajstić information content (AvgIpc) is 3.44. The van der Waals surface area contributed by atoms with Crippen molar-refractivity contribution in [3.05, 3.63) is 53.9 Å². The first-order chi connectivity index (χ1) is 18.0. The molecule has 2 fully saturated rings. The Bertz CT molecular complexity index is 1160. The second kappa shape index (κ2) is 11.1. The fourth-order valence-corrected chi connectivity index (χ4v) is 5.32. The SMILES string of the molecule is CC(=O)N1CCC(NC(=O)c2ccnc(N3CCC(C(=O)N4N=CC[C@H]4c4ccccc4)CC3)n2)CC1. The lowest BCUT2D eigenvalue weighted by atomic mass is 9.94. The van der Waals surface area contributed by atoms with Gasteiger partial charge in [-0.2, -0.15) is 5.10 Å². The fraction of sp³-hybridized carbons (Fsp3) is 0.481. The number of piperidine rings is 2. The molecule has 0 unspecified atom stereocenters. The van der Waals surface area contributed by atoms with Gasteiger partial charge >= 0.3 is 0 Å². The largest absolute Gasteiger partial charge is 0.348 e. The third-order valence-corrected chi connectivity index (χ3v) is 7.52. The molecule has 2 aromatic rings. The van der Waals surface area contributed by atoms with E-state index in [2.05, 4.69) is 20.4 Å². The molecule has 4 heterocycles. The van der Waals surface area contributed by atoms with Crippen LogP contribution in [0.4, 0.5) is 5.95 Å². The monoisotopic (exact) mass is 503 g/mol. The van der Waals surface area contributed by atoms with Crippen LogP contribution in [0, 0.1) is 5.92 Å². The predicted octanol–water partition coefficient (Wildman–Crippen LogP) is 2.39. The number of benzene rings is 1. The Balaban J connectivity index is 1.15. The highest BCUT2D eigenvalue weighted by atomic mass is 16.2. The Hall–Kier alpha value is -3.82. The molecule has 5 rings (SSSR count). The van der Waals surface area contributed by atoms with Gasteiger partial charge in [0.2, 0.25) is 17.8 Å². The fourth-order valence-electron chi connectivity index (χ4n) is 5.32. The molecule has 2 saturated heterocycles. The van der Waals surface area contributed by atoms with Crippen LogP contribution in [-0.2, 0) is 9.59 Å². The molecule has 0 bridgehead atoms. The first-order valence-corrected chi connectivity index (χ1v) is 13.0. The Kier molecular flexibility index (Phi) is 7.43. The van der Waals surface area contributed by atoms with Gasteiger partial charge in [0.05, 0.1) is 6.04 Å². The second-order valence-electron chi connectivity index (χ2n) is 9.90. The maximum Gasteiger partial charge on any atom is 0.270 e. The molecule has 0 aliphatic carbocycles. The molecule has 194 valence electrons. The molecular formula is C27H33N7O3. The van der Waals surface area contributed by atoms with Crippen LogP contribution in [0.1, 0.15) is 61.1 Å². The van der Waals surface area contributed by atoms with Crippen molar-refractivity contribution in [2.75, 3.05) is 31.1 Å². The number of anilines is 1. The van der Waals surface area contributed by atoms with Crippen molar-refractivity contribution < 1.29 is 14.4 Å². The summed E-state index contributed by atoms with van der Waals surface area (Å²) in [5.74, 6) is 0.303. The molecule has 10 nitrogen and oxygen atoms in total. The standard InChI is InChI=1S/C27H33N7O3/c1-19(35)32-17-11-22(12-18-32)30-25(36)23-7-13-28-27(31-23)33-15-9-21(10-16-33)26(37)34-24(8-14-29-34)20-5-3-2-4-6-20/h2-7,13-14,21-22,24H,8-12,15-18H2,1H3,(H,30,36)/t24-/m0/s1. The van der Waals surface area contributed by atoms with Gasteiger partial charge in [0.1, 0.15) is 5.69 Å². The summed E-state index contributed by atoms with van der Waals surface area (Å²) in [6.45, 7) is 4.15. The van der Waals surface area contributed by atoms with Crippen molar-refractivity contribution in [2.45, 2.75) is 51.1 Å². The maximum absolute atomic E-state index is 13.3. The van der Waals surface area contributed by atoms with E-state index in [0.29, 0.717) is 50.7 Å². The highest BCUT2D eigenvalue weighted by Crippen LogP contribution is 2.32. The lowest BCUT2D eigenvalue weighted by Crippen LogP contribution is -2.46. The predicted molar refractivity (Wildman–Crippen MR) is 139 cm³/mol. The summed E-state index contributed by atoms with van der Waals surface area (Å²) < 4.78 is 0. The van der Waals surface area contributed by atoms with Gasteiger partial charge in [0.15, 0.2) is 0 Å². The molecule has 3 aliphatic rings. The van der Waals surface area contributed by atoms with Gasteiger partial charge in [0, 0.05) is 63.9 Å². The number of hydrogen-bond acceptors (Lipinski definition) is 7. The lowest BCUT2D eigenvalue weighted by molar-refractivity contribution is -0.138. The highest BCUT2D eigenvalue weighted by Gasteiger charge is 2.35. The number of hydrazone groups is 1. The Labute approximate surface area is 216 Å². The first kappa shape index (κ1) is 24.9. The molecule has 3 aliphatic heterocycles. The molecular weight excluding hydrogens is 470 g/mol. The van der Waals surface area contributed by atoms with Crippen molar-refractivity contribution in [2.24, 2.45) is 11.0 Å². The van der Waals surface area contributed by atoms with Crippen molar-refractivity contribution >= 4 is 29.9 Å². The van der Waals surface area contributed by atoms with Crippen molar-refractivity contribution in [1.82, 2.24) is 25.2 Å². The van der Waals surface area contributed by atoms with Gasteiger partial charge in [-0.05, 0) is 37.3 Å². The quantitative estimate of drug-likeness (QED) is 0.671. The molecule has 0 radical (unpaired) electrons. The lowest BCUT2D eigenvalue weighted by Gasteiger charge is -2.34. The summed E-state index contributed by atoms with van der Waals surface area (Å²) in [5.41, 5.74) is 1.42. The minimum absolute atomic E-state index is 0.0243. The zero-order valence-corrected chi connectivity index (χ0v) is 21.1. The van der Waals surface area contributed by atoms with Crippen molar-refractivity contribution in [1.29, 1.82) is 0 Å². The van der Waals surface area contributed by atoms with Gasteiger partial charge in [-0.25, -0.2) is 15.0 Å². The summed E-state index contributed by atoms with van der Waals surface area (Å²) >= 11 is 0. The van der Waals surface area contributed by atoms with Gasteiger partial charge in [0.25, 0.3) is 5.91 Å². The van der Waals surface area contributed by atoms with Gasteiger partial charge in [-0.15, -0.1) is 0 Å². The number of likely N-dealkylation sites (tertiary alicyclic amines) is 1. The van der Waals surface area contributed by atoms with E-state index >= 15 is 0 Å². The van der Waals surface area contributed by atoms with Crippen LogP contribution < -0.4 is 10.2 Å². The number of amides is 3. The minimum atomic E-state index is -0.228. The molecule has 1 atom stereocenters. The Morgan fingerprint density at radius 1 is 0.946 bits per heavy atom. The van der Waals surface area contributed by atoms with Crippen LogP contribution in [-0.4, -0.2) is 76.0 Å². The molecule has 0 saturated carbocycles. The van der Waals surface area contributed by atoms with E-state index in [9.17, 15) is 14.4 Å². The molecule has 10 heteroatoms. The summed E-state index contributed by atoms with van der Waals surface area (Å²) in [7, 11) is 0. The van der Waals surface area contributed by atoms with Crippen LogP contribution in [0.5, 0.6) is 0 Å². The highest BCUT2D eigenvalue weighted by molar-refractivity contribution is 5.92. The zero-order chi connectivity index (χ0) is 25.8. The first-order valence-electron chi connectivity index (χ1n) is 13.0. The van der Waals surface area contributed by atoms with Crippen molar-refractivity contribution in [3.8, 4) is 0 Å². The summed E-state index contributed by atoms with van der Waals surface area (Å²) in [4.78, 5) is 50.4. The number of aromatic nitrogens is 2. The van der Waals surface area contributed by atoms with Gasteiger partial charge < -0.3 is 15.1 Å². The smallest absolute Gasteiger partial charge is 0.270 e. The van der Waals surface area contributed by atoms with E-state index in [-0.39, 0.29) is 35.7 Å². The molecule has 37 heavy (non-hydrogen) atoms. The summed E-state index contributed by atoms with van der Waals surface area (Å²) in [5, 5.41) is 9.09. The van der Waals surface area contributed by atoms with Gasteiger partial charge in [-0.3, -0.25) is 14.4 Å². The Morgan fingerprint density at radius 2 is 1.68 bits per heavy atom. The molecule has 1 aromatic carbocycles.